The van der Waals surface area contributed by atoms with E-state index in [0.29, 0.717) is 55.4 Å². The molecule has 768 valence electrons. The first-order valence-electron chi connectivity index (χ1n) is 46.6. The van der Waals surface area contributed by atoms with Crippen LogP contribution in [0.15, 0.2) is 78.9 Å². The highest BCUT2D eigenvalue weighted by molar-refractivity contribution is 7.98. The average Bonchev–Trinajstić information content (AvgIpc) is 1.65. The fourth-order valence-corrected chi connectivity index (χ4v) is 15.9. The van der Waals surface area contributed by atoms with Gasteiger partial charge in [-0.2, -0.15) is 37.0 Å². The molecule has 0 bridgehead atoms. The number of thiol groups is 2. The molecule has 0 spiro atoms. The Kier molecular flexibility index (Phi) is 53.7. The SMILES string of the molecule is CC[C@H](C)[C@H](NC(=O)[C@H](CCCCN)NC(=O)[C@@H](NC(=O)[C@H](CC(C)C)NC(=O)[C@@H](N)Cc1ccccc1)C(C)C)C(=O)N[C@@H](CS)C(=O)N[C@@H](CS)C(=O)N[C@@H](CCCNC(=N)N)C(=O)N[C@@H](Cc1ccc(O)cc1)C(=O)N[C@H](C(=O)N[C@@H](Cc1ccc(O)cc1)C(=O)NCC(=O)N[C@@H](CCCCN)C(=O)N1CCC[C@H]1C(=O)N[C@@H](CCSC)C(=O)N[C@@H](CC(C)C)C(=O)NCC(=O)O)[C@@H](C)O. The summed E-state index contributed by atoms with van der Waals surface area (Å²) < 4.78 is 0. The number of aliphatic hydroxyl groups is 1. The van der Waals surface area contributed by atoms with Gasteiger partial charge in [0.15, 0.2) is 5.96 Å². The van der Waals surface area contributed by atoms with Crippen molar-refractivity contribution in [2.24, 2.45) is 46.6 Å². The lowest BCUT2D eigenvalue weighted by Crippen LogP contribution is -2.62. The average molecular weight is 1990 g/mol. The number of benzene rings is 3. The number of carboxylic acid groups (broad SMARTS) is 1. The third-order valence-corrected chi connectivity index (χ3v) is 24.1. The summed E-state index contributed by atoms with van der Waals surface area (Å²) >= 11 is 10.1. The fraction of sp³-hybridized carbons (Fsp3) is 0.609. The molecule has 0 unspecified atom stereocenters. The third-order valence-electron chi connectivity index (χ3n) is 22.8. The maximum Gasteiger partial charge on any atom is 0.322 e. The Morgan fingerprint density at radius 3 is 1.37 bits per heavy atom. The lowest BCUT2D eigenvalue weighted by Gasteiger charge is -2.30. The van der Waals surface area contributed by atoms with Gasteiger partial charge in [0.1, 0.15) is 103 Å². The van der Waals surface area contributed by atoms with Gasteiger partial charge in [0.2, 0.25) is 94.5 Å². The molecular formula is C92H146N22O21S3. The standard InChI is InChI=1S/C92H146N22O21S3/c1-11-53(8)75(112-82(126)61(23-15-17-36-93)104-88(132)74(52(6)7)111-83(127)66(42-51(4)5)105-77(121)60(95)43-55-21-13-12-14-22-55)89(133)110-70(49-137)86(130)109-69(48-136)85(129)102-62(25-19-38-98-92(96)97)80(124)107-68(45-57-29-33-59(117)34-30-57)84(128)113-76(54(9)115)90(134)108-67(44-56-27-31-58(116)32-28-56)79(123)99-46-72(118)101-64(24-16-18-37-94)91(135)114-39-20-26-71(114)87(131)103-63(35-40-138-10)81(125)106-65(41-50(2)3)78(122)100-47-73(119)120/h12-14,21-22,27-34,50-54,60-71,74-76,115-117,136-137H,11,15-20,23-26,35-49,93-95H2,1-10H3,(H,99,123)(H,100,122)(H,101,118)(H,102,129)(H,103,131)(H,104,132)(H,105,121)(H,106,125)(H,107,124)(H,108,134)(H,109,130)(H,110,133)(H,111,127)(H,112,126)(H,113,128)(H,119,120)(H4,96,97,98)/t53-,54+,60-,61-,62-,63-,64-,65-,66-,67-,68-,69-,70-,71-,74-,75-,76-/m0/s1. The zero-order valence-corrected chi connectivity index (χ0v) is 82.8. The second-order valence-corrected chi connectivity index (χ2v) is 37.2. The second kappa shape index (κ2) is 62.4. The molecule has 1 aliphatic heterocycles. The quantitative estimate of drug-likeness (QED) is 0.0119. The van der Waals surface area contributed by atoms with E-state index in [2.05, 4.69) is 110 Å². The van der Waals surface area contributed by atoms with Crippen LogP contribution in [0.4, 0.5) is 0 Å². The molecule has 1 saturated heterocycles. The van der Waals surface area contributed by atoms with Gasteiger partial charge in [-0.05, 0) is 187 Å². The number of unbranched alkanes of at least 4 members (excludes halogenated alkanes) is 2. The van der Waals surface area contributed by atoms with Gasteiger partial charge in [0.25, 0.3) is 0 Å². The van der Waals surface area contributed by atoms with Gasteiger partial charge in [0.05, 0.1) is 18.7 Å². The number of carbonyl (C=O) groups is 17. The summed E-state index contributed by atoms with van der Waals surface area (Å²) in [4.78, 5) is 242. The minimum atomic E-state index is -1.96. The van der Waals surface area contributed by atoms with Gasteiger partial charge < -0.3 is 133 Å². The molecule has 16 amide bonds. The highest BCUT2D eigenvalue weighted by Crippen LogP contribution is 2.23. The van der Waals surface area contributed by atoms with Crippen LogP contribution in [-0.2, 0) is 101 Å². The zero-order valence-electron chi connectivity index (χ0n) is 80.2. The van der Waals surface area contributed by atoms with Crippen LogP contribution in [0.3, 0.4) is 0 Å². The number of rotatable bonds is 63. The van der Waals surface area contributed by atoms with Crippen LogP contribution in [0, 0.1) is 29.1 Å². The minimum absolute atomic E-state index is 0.000351. The lowest BCUT2D eigenvalue weighted by molar-refractivity contribution is -0.142. The number of nitrogens with zero attached hydrogens (tertiary/aromatic N) is 1. The van der Waals surface area contributed by atoms with Crippen molar-refractivity contribution < 1.29 is 102 Å². The van der Waals surface area contributed by atoms with Crippen molar-refractivity contribution in [3.63, 3.8) is 0 Å². The second-order valence-electron chi connectivity index (χ2n) is 35.5. The fourth-order valence-electron chi connectivity index (χ4n) is 14.9. The Labute approximate surface area is 821 Å². The van der Waals surface area contributed by atoms with Gasteiger partial charge in [-0.25, -0.2) is 0 Å². The molecular weight excluding hydrogens is 1850 g/mol. The van der Waals surface area contributed by atoms with Crippen molar-refractivity contribution in [1.82, 2.24) is 90.0 Å². The van der Waals surface area contributed by atoms with E-state index in [1.165, 1.54) is 65.2 Å². The Balaban J connectivity index is 1.58. The number of nitrogens with one attached hydrogen (secondary N) is 17. The number of carboxylic acids is 1. The molecule has 0 aromatic heterocycles. The monoisotopic (exact) mass is 1990 g/mol. The number of amides is 16. The van der Waals surface area contributed by atoms with Gasteiger partial charge in [-0.15, -0.1) is 0 Å². The van der Waals surface area contributed by atoms with Crippen molar-refractivity contribution >= 4 is 143 Å². The number of hydrogen-bond donors (Lipinski definition) is 27. The van der Waals surface area contributed by atoms with Crippen molar-refractivity contribution in [2.75, 3.05) is 62.8 Å². The molecule has 46 heteroatoms. The number of aliphatic carboxylic acids is 1. The maximum atomic E-state index is 14.9. The Morgan fingerprint density at radius 2 is 0.862 bits per heavy atom. The van der Waals surface area contributed by atoms with Crippen LogP contribution in [0.25, 0.3) is 0 Å². The maximum absolute atomic E-state index is 14.9. The summed E-state index contributed by atoms with van der Waals surface area (Å²) in [5.74, 6) is -17.8. The Bertz CT molecular complexity index is 4490. The van der Waals surface area contributed by atoms with Gasteiger partial charge >= 0.3 is 5.97 Å². The van der Waals surface area contributed by atoms with Crippen molar-refractivity contribution in [3.05, 3.63) is 95.6 Å². The van der Waals surface area contributed by atoms with Crippen LogP contribution < -0.4 is 108 Å². The van der Waals surface area contributed by atoms with Crippen LogP contribution in [0.2, 0.25) is 0 Å². The van der Waals surface area contributed by atoms with Crippen molar-refractivity contribution in [3.8, 4) is 11.5 Å². The predicted octanol–water partition coefficient (Wildman–Crippen LogP) is -2.63. The highest BCUT2D eigenvalue weighted by Gasteiger charge is 2.43. The molecule has 1 heterocycles. The summed E-state index contributed by atoms with van der Waals surface area (Å²) in [6, 6.07) is -0.999. The number of aliphatic hydroxyl groups excluding tert-OH is 1. The predicted molar refractivity (Wildman–Crippen MR) is 526 cm³/mol. The van der Waals surface area contributed by atoms with E-state index in [0.717, 1.165) is 12.5 Å². The number of thioether (sulfide) groups is 1. The van der Waals surface area contributed by atoms with Crippen molar-refractivity contribution in [2.45, 2.75) is 268 Å². The summed E-state index contributed by atoms with van der Waals surface area (Å²) in [5, 5.41) is 90.5. The Hall–Kier alpha value is -11.6. The van der Waals surface area contributed by atoms with E-state index in [1.807, 2.05) is 44.2 Å². The Morgan fingerprint density at radius 1 is 0.457 bits per heavy atom. The van der Waals surface area contributed by atoms with Crippen LogP contribution in [0.5, 0.6) is 11.5 Å². The number of guanidine groups is 1. The normalized spacial score (nSPS) is 15.8. The highest BCUT2D eigenvalue weighted by atomic mass is 32.2. The molecule has 138 heavy (non-hydrogen) atoms. The first kappa shape index (κ1) is 119. The molecule has 43 nitrogen and oxygen atoms in total. The first-order valence-corrected chi connectivity index (χ1v) is 49.3. The molecule has 29 N–H and O–H groups in total. The number of carbonyl (C=O) groups excluding carboxylic acids is 16. The van der Waals surface area contributed by atoms with Crippen LogP contribution >= 0.6 is 37.0 Å². The topological polar surface area (TPSA) is 695 Å². The molecule has 17 atom stereocenters. The number of phenolic OH excluding ortho intramolecular Hbond substituents is 2. The molecule has 1 fully saturated rings. The number of nitrogens with two attached hydrogens (primary N) is 4. The summed E-state index contributed by atoms with van der Waals surface area (Å²) in [6.45, 7) is 14.1. The lowest BCUT2D eigenvalue weighted by atomic mass is 9.96. The van der Waals surface area contributed by atoms with Gasteiger partial charge in [0, 0.05) is 37.4 Å². The molecule has 3 aromatic rings. The molecule has 3 aromatic carbocycles. The van der Waals surface area contributed by atoms with E-state index < -0.39 is 246 Å². The number of phenols is 2. The van der Waals surface area contributed by atoms with E-state index in [1.54, 1.807) is 47.8 Å². The summed E-state index contributed by atoms with van der Waals surface area (Å²) in [5.41, 5.74) is 25.0. The van der Waals surface area contributed by atoms with E-state index in [9.17, 15) is 102 Å². The number of hydrogen-bond acceptors (Lipinski definition) is 27. The van der Waals surface area contributed by atoms with Gasteiger partial charge in [-0.1, -0.05) is 116 Å². The zero-order chi connectivity index (χ0) is 103. The smallest absolute Gasteiger partial charge is 0.322 e. The molecule has 4 rings (SSSR count). The molecule has 0 radical (unpaired) electrons. The van der Waals surface area contributed by atoms with Crippen LogP contribution in [-0.4, -0.2) is 291 Å². The third kappa shape index (κ3) is 42.4. The largest absolute Gasteiger partial charge is 0.508 e. The number of aromatic hydroxyl groups is 2. The minimum Gasteiger partial charge on any atom is -0.508 e. The van der Waals surface area contributed by atoms with Crippen LogP contribution in [0.1, 0.15) is 169 Å². The number of likely N-dealkylation sites (tertiary alicyclic amines) is 1. The van der Waals surface area contributed by atoms with E-state index in [4.69, 9.17) is 28.3 Å². The molecule has 0 saturated carbocycles. The van der Waals surface area contributed by atoms with E-state index >= 15 is 0 Å². The van der Waals surface area contributed by atoms with E-state index in [-0.39, 0.29) is 114 Å². The van der Waals surface area contributed by atoms with Gasteiger partial charge in [-0.3, -0.25) is 86.9 Å². The van der Waals surface area contributed by atoms with Crippen molar-refractivity contribution in [1.29, 1.82) is 5.41 Å². The summed E-state index contributed by atoms with van der Waals surface area (Å²) in [7, 11) is 0. The molecule has 1 aliphatic rings. The summed E-state index contributed by atoms with van der Waals surface area (Å²) in [6.07, 6.45) is 1.89. The first-order chi connectivity index (χ1) is 65.4. The molecule has 0 aliphatic carbocycles.